The number of halogens is 1. The van der Waals surface area contributed by atoms with E-state index in [9.17, 15) is 8.42 Å². The average Bonchev–Trinajstić information content (AvgIpc) is 2.67. The van der Waals surface area contributed by atoms with E-state index in [0.717, 1.165) is 22.9 Å². The van der Waals surface area contributed by atoms with Gasteiger partial charge in [-0.2, -0.15) is 0 Å². The lowest BCUT2D eigenvalue weighted by Gasteiger charge is -2.20. The van der Waals surface area contributed by atoms with E-state index in [1.807, 2.05) is 0 Å². The summed E-state index contributed by atoms with van der Waals surface area (Å²) in [5, 5.41) is 0. The molecule has 0 radical (unpaired) electrons. The molecule has 1 fully saturated rings. The molecule has 0 aliphatic heterocycles. The Bertz CT molecular complexity index is 885. The van der Waals surface area contributed by atoms with Crippen molar-refractivity contribution in [3.05, 3.63) is 58.6 Å². The maximum atomic E-state index is 12.6. The molecule has 2 aromatic rings. The van der Waals surface area contributed by atoms with Crippen LogP contribution in [0, 0.1) is 11.8 Å². The van der Waals surface area contributed by atoms with Crippen molar-refractivity contribution in [2.75, 3.05) is 6.61 Å². The van der Waals surface area contributed by atoms with Crippen LogP contribution in [0.5, 0.6) is 0 Å². The normalized spacial score (nSPS) is 15.3. The van der Waals surface area contributed by atoms with Crippen molar-refractivity contribution < 1.29 is 13.2 Å². The molecule has 26 heavy (non-hydrogen) atoms. The Hall–Kier alpha value is -1.61. The van der Waals surface area contributed by atoms with Gasteiger partial charge < -0.3 is 4.74 Å². The average molecular weight is 433 g/mol. The van der Waals surface area contributed by atoms with E-state index in [2.05, 4.69) is 27.8 Å². The smallest absolute Gasteiger partial charge is 0.206 e. The Morgan fingerprint density at radius 3 is 2.12 bits per heavy atom. The van der Waals surface area contributed by atoms with Gasteiger partial charge >= 0.3 is 0 Å². The summed E-state index contributed by atoms with van der Waals surface area (Å²) in [4.78, 5) is 0.546. The van der Waals surface area contributed by atoms with Gasteiger partial charge in [0.1, 0.15) is 6.61 Å². The van der Waals surface area contributed by atoms with Crippen molar-refractivity contribution >= 4 is 25.8 Å². The minimum atomic E-state index is -3.51. The van der Waals surface area contributed by atoms with Gasteiger partial charge in [0.15, 0.2) is 0 Å². The molecule has 5 heteroatoms. The van der Waals surface area contributed by atoms with Crippen molar-refractivity contribution in [1.29, 1.82) is 0 Å². The second-order valence-electron chi connectivity index (χ2n) is 6.35. The molecule has 0 saturated heterocycles. The number of rotatable bonds is 4. The number of hydrogen-bond acceptors (Lipinski definition) is 3. The van der Waals surface area contributed by atoms with Crippen LogP contribution in [0.3, 0.4) is 0 Å². The van der Waals surface area contributed by atoms with Gasteiger partial charge in [0.25, 0.3) is 0 Å². The maximum absolute atomic E-state index is 12.6. The highest BCUT2D eigenvalue weighted by molar-refractivity contribution is 9.10. The van der Waals surface area contributed by atoms with Gasteiger partial charge in [-0.1, -0.05) is 47.0 Å². The first-order chi connectivity index (χ1) is 12.6. The second-order valence-corrected chi connectivity index (χ2v) is 9.22. The highest BCUT2D eigenvalue weighted by Crippen LogP contribution is 2.23. The molecule has 0 amide bonds. The number of benzene rings is 2. The van der Waals surface area contributed by atoms with Crippen LogP contribution in [0.1, 0.15) is 37.7 Å². The summed E-state index contributed by atoms with van der Waals surface area (Å²) in [6.45, 7) is 0.420. The standard InChI is InChI=1S/C21H21BrO3S/c22-18-10-14-21(15-11-18)26(23,24)20-12-8-17(9-13-20)5-4-16-25-19-6-2-1-3-7-19/h8-15,19H,1-3,6-7,16H2. The van der Waals surface area contributed by atoms with Crippen LogP contribution in [-0.2, 0) is 14.6 Å². The van der Waals surface area contributed by atoms with Crippen molar-refractivity contribution in [3.63, 3.8) is 0 Å². The van der Waals surface area contributed by atoms with Crippen LogP contribution in [0.4, 0.5) is 0 Å². The third-order valence-corrected chi connectivity index (χ3v) is 6.78. The third kappa shape index (κ3) is 4.97. The lowest BCUT2D eigenvalue weighted by molar-refractivity contribution is 0.0497. The molecule has 1 saturated carbocycles. The van der Waals surface area contributed by atoms with Gasteiger partial charge in [0.05, 0.1) is 15.9 Å². The Morgan fingerprint density at radius 2 is 1.50 bits per heavy atom. The minimum absolute atomic E-state index is 0.267. The quantitative estimate of drug-likeness (QED) is 0.639. The summed E-state index contributed by atoms with van der Waals surface area (Å²) < 4.78 is 31.9. The van der Waals surface area contributed by atoms with Gasteiger partial charge in [0, 0.05) is 10.0 Å². The molecule has 0 heterocycles. The Morgan fingerprint density at radius 1 is 0.923 bits per heavy atom. The van der Waals surface area contributed by atoms with Gasteiger partial charge in [-0.05, 0) is 61.4 Å². The van der Waals surface area contributed by atoms with Gasteiger partial charge in [-0.3, -0.25) is 0 Å². The number of hydrogen-bond donors (Lipinski definition) is 0. The fraction of sp³-hybridized carbons (Fsp3) is 0.333. The minimum Gasteiger partial charge on any atom is -0.366 e. The topological polar surface area (TPSA) is 43.4 Å². The Balaban J connectivity index is 1.63. The molecule has 0 N–H and O–H groups in total. The molecule has 0 bridgehead atoms. The Kier molecular flexibility index (Phi) is 6.53. The first kappa shape index (κ1) is 19.2. The van der Waals surface area contributed by atoms with Crippen LogP contribution in [0.2, 0.25) is 0 Å². The first-order valence-corrected chi connectivity index (χ1v) is 11.0. The fourth-order valence-electron chi connectivity index (χ4n) is 3.00. The van der Waals surface area contributed by atoms with Crippen molar-refractivity contribution in [2.24, 2.45) is 0 Å². The number of sulfone groups is 1. The third-order valence-electron chi connectivity index (χ3n) is 4.46. The largest absolute Gasteiger partial charge is 0.366 e. The summed E-state index contributed by atoms with van der Waals surface area (Å²) in [5.41, 5.74) is 0.784. The zero-order valence-corrected chi connectivity index (χ0v) is 16.9. The van der Waals surface area contributed by atoms with E-state index in [-0.39, 0.29) is 9.79 Å². The molecular weight excluding hydrogens is 412 g/mol. The number of ether oxygens (including phenoxy) is 1. The van der Waals surface area contributed by atoms with E-state index in [1.54, 1.807) is 48.5 Å². The van der Waals surface area contributed by atoms with Gasteiger partial charge in [-0.15, -0.1) is 0 Å². The molecule has 136 valence electrons. The summed E-state index contributed by atoms with van der Waals surface area (Å²) in [5.74, 6) is 6.05. The predicted octanol–water partition coefficient (Wildman–Crippen LogP) is 4.98. The van der Waals surface area contributed by atoms with E-state index in [4.69, 9.17) is 4.74 Å². The zero-order valence-electron chi connectivity index (χ0n) is 14.4. The predicted molar refractivity (Wildman–Crippen MR) is 106 cm³/mol. The zero-order chi connectivity index (χ0) is 18.4. The van der Waals surface area contributed by atoms with E-state index in [0.29, 0.717) is 12.7 Å². The second kappa shape index (κ2) is 8.85. The monoisotopic (exact) mass is 432 g/mol. The summed E-state index contributed by atoms with van der Waals surface area (Å²) >= 11 is 3.31. The molecule has 0 unspecified atom stereocenters. The van der Waals surface area contributed by atoms with E-state index >= 15 is 0 Å². The van der Waals surface area contributed by atoms with Crippen LogP contribution >= 0.6 is 15.9 Å². The molecule has 3 rings (SSSR count). The van der Waals surface area contributed by atoms with Crippen LogP contribution in [-0.4, -0.2) is 21.1 Å². The van der Waals surface area contributed by atoms with Crippen LogP contribution in [0.25, 0.3) is 0 Å². The first-order valence-electron chi connectivity index (χ1n) is 8.77. The lowest BCUT2D eigenvalue weighted by Crippen LogP contribution is -2.16. The molecule has 2 aromatic carbocycles. The highest BCUT2D eigenvalue weighted by Gasteiger charge is 2.17. The summed E-state index contributed by atoms with van der Waals surface area (Å²) in [6, 6.07) is 13.3. The van der Waals surface area contributed by atoms with Crippen molar-refractivity contribution in [3.8, 4) is 11.8 Å². The molecule has 0 spiro atoms. The molecule has 1 aliphatic carbocycles. The van der Waals surface area contributed by atoms with Gasteiger partial charge in [-0.25, -0.2) is 8.42 Å². The van der Waals surface area contributed by atoms with Crippen molar-refractivity contribution in [1.82, 2.24) is 0 Å². The van der Waals surface area contributed by atoms with Gasteiger partial charge in [0.2, 0.25) is 9.84 Å². The lowest BCUT2D eigenvalue weighted by atomic mass is 9.98. The molecule has 0 aromatic heterocycles. The molecule has 1 aliphatic rings. The molecule has 3 nitrogen and oxygen atoms in total. The van der Waals surface area contributed by atoms with Crippen LogP contribution in [0.15, 0.2) is 62.8 Å². The van der Waals surface area contributed by atoms with E-state index < -0.39 is 9.84 Å². The Labute approximate surface area is 163 Å². The van der Waals surface area contributed by atoms with Crippen LogP contribution < -0.4 is 0 Å². The SMILES string of the molecule is O=S(=O)(c1ccc(Br)cc1)c1ccc(C#CCOC2CCCCC2)cc1. The maximum Gasteiger partial charge on any atom is 0.206 e. The summed E-state index contributed by atoms with van der Waals surface area (Å²) in [7, 11) is -3.51. The highest BCUT2D eigenvalue weighted by atomic mass is 79.9. The van der Waals surface area contributed by atoms with E-state index in [1.165, 1.54) is 19.3 Å². The fourth-order valence-corrected chi connectivity index (χ4v) is 4.52. The summed E-state index contributed by atoms with van der Waals surface area (Å²) in [6.07, 6.45) is 6.39. The molecule has 0 atom stereocenters. The molecular formula is C21H21BrO3S. The van der Waals surface area contributed by atoms with Crippen molar-refractivity contribution in [2.45, 2.75) is 48.0 Å².